The van der Waals surface area contributed by atoms with E-state index in [1.807, 2.05) is 7.05 Å². The number of nitrogens with one attached hydrogen (secondary N) is 2. The molecule has 0 spiro atoms. The summed E-state index contributed by atoms with van der Waals surface area (Å²) in [6.45, 7) is 2.93. The summed E-state index contributed by atoms with van der Waals surface area (Å²) < 4.78 is 0. The van der Waals surface area contributed by atoms with Gasteiger partial charge in [0.05, 0.1) is 5.56 Å². The highest BCUT2D eigenvalue weighted by Gasteiger charge is 2.07. The number of carbonyl (C=O) groups excluding carboxylic acids is 1. The fourth-order valence-corrected chi connectivity index (χ4v) is 2.65. The van der Waals surface area contributed by atoms with Crippen molar-refractivity contribution in [1.29, 1.82) is 0 Å². The van der Waals surface area contributed by atoms with Gasteiger partial charge in [0.25, 0.3) is 5.91 Å². The molecule has 0 fully saturated rings. The van der Waals surface area contributed by atoms with Crippen LogP contribution in [0.25, 0.3) is 0 Å². The van der Waals surface area contributed by atoms with Crippen molar-refractivity contribution in [2.24, 2.45) is 0 Å². The number of benzene rings is 2. The minimum atomic E-state index is -0.146. The molecule has 0 aliphatic heterocycles. The molecule has 0 aliphatic rings. The zero-order valence-corrected chi connectivity index (χ0v) is 16.1. The first-order chi connectivity index (χ1) is 13.5. The van der Waals surface area contributed by atoms with Crippen molar-refractivity contribution in [3.8, 4) is 11.5 Å². The summed E-state index contributed by atoms with van der Waals surface area (Å²) in [5.74, 6) is 0.255. The third kappa shape index (κ3) is 7.28. The number of phenolic OH excluding ortho intramolecular Hbond substituents is 2. The van der Waals surface area contributed by atoms with Crippen molar-refractivity contribution in [3.05, 3.63) is 59.7 Å². The fourth-order valence-electron chi connectivity index (χ4n) is 2.65. The van der Waals surface area contributed by atoms with E-state index in [0.29, 0.717) is 24.2 Å². The lowest BCUT2D eigenvalue weighted by molar-refractivity contribution is -0.466. The molecular weight excluding hydrogens is 358 g/mol. The highest BCUT2D eigenvalue weighted by atomic mass is 16.3. The SMILES string of the molecule is CN(CCCNC(=O)c1ccc(O)cc1)CCC[NH+]=C(O)c1ccc(O)cc1. The largest absolute Gasteiger partial charge is 0.508 e. The normalized spacial score (nSPS) is 11.6. The molecule has 0 bridgehead atoms. The van der Waals surface area contributed by atoms with E-state index < -0.39 is 0 Å². The van der Waals surface area contributed by atoms with Crippen LogP contribution in [-0.2, 0) is 0 Å². The van der Waals surface area contributed by atoms with Crippen molar-refractivity contribution in [3.63, 3.8) is 0 Å². The molecule has 28 heavy (non-hydrogen) atoms. The zero-order valence-electron chi connectivity index (χ0n) is 16.1. The van der Waals surface area contributed by atoms with E-state index in [9.17, 15) is 20.1 Å². The molecule has 2 rings (SSSR count). The van der Waals surface area contributed by atoms with E-state index >= 15 is 0 Å². The number of phenols is 2. The van der Waals surface area contributed by atoms with Gasteiger partial charge in [-0.25, -0.2) is 4.99 Å². The lowest BCUT2D eigenvalue weighted by Gasteiger charge is -2.15. The molecule has 2 aromatic carbocycles. The van der Waals surface area contributed by atoms with Gasteiger partial charge in [0.2, 0.25) is 0 Å². The van der Waals surface area contributed by atoms with E-state index in [1.54, 1.807) is 24.3 Å². The molecule has 0 aromatic heterocycles. The van der Waals surface area contributed by atoms with E-state index in [4.69, 9.17) is 0 Å². The average molecular weight is 386 g/mol. The Morgan fingerprint density at radius 3 is 2.07 bits per heavy atom. The predicted molar refractivity (Wildman–Crippen MR) is 108 cm³/mol. The van der Waals surface area contributed by atoms with Crippen LogP contribution in [0.4, 0.5) is 0 Å². The summed E-state index contributed by atoms with van der Waals surface area (Å²) >= 11 is 0. The highest BCUT2D eigenvalue weighted by molar-refractivity contribution is 5.94. The lowest BCUT2D eigenvalue weighted by atomic mass is 10.2. The van der Waals surface area contributed by atoms with Crippen LogP contribution in [0.1, 0.15) is 28.8 Å². The first-order valence-corrected chi connectivity index (χ1v) is 9.30. The van der Waals surface area contributed by atoms with Crippen molar-refractivity contribution < 1.29 is 25.1 Å². The van der Waals surface area contributed by atoms with Crippen LogP contribution in [-0.4, -0.2) is 65.3 Å². The Balaban J connectivity index is 1.59. The first kappa shape index (κ1) is 21.2. The predicted octanol–water partition coefficient (Wildman–Crippen LogP) is 0.625. The van der Waals surface area contributed by atoms with Crippen LogP contribution in [0.2, 0.25) is 0 Å². The van der Waals surface area contributed by atoms with Gasteiger partial charge in [-0.15, -0.1) is 0 Å². The number of aliphatic hydroxyl groups excluding tert-OH is 1. The second-order valence-corrected chi connectivity index (χ2v) is 6.64. The molecule has 0 unspecified atom stereocenters. The van der Waals surface area contributed by atoms with Crippen LogP contribution in [0.5, 0.6) is 11.5 Å². The lowest BCUT2D eigenvalue weighted by Crippen LogP contribution is -2.73. The molecule has 7 heteroatoms. The highest BCUT2D eigenvalue weighted by Crippen LogP contribution is 2.09. The van der Waals surface area contributed by atoms with Gasteiger partial charge in [-0.3, -0.25) is 4.79 Å². The molecule has 7 nitrogen and oxygen atoms in total. The minimum absolute atomic E-state index is 0.0968. The quantitative estimate of drug-likeness (QED) is 0.234. The molecule has 0 heterocycles. The number of nitrogens with zero attached hydrogens (tertiary/aromatic N) is 1. The number of rotatable bonds is 10. The Morgan fingerprint density at radius 2 is 1.46 bits per heavy atom. The monoisotopic (exact) mass is 386 g/mol. The van der Waals surface area contributed by atoms with Gasteiger partial charge in [-0.2, -0.15) is 0 Å². The van der Waals surface area contributed by atoms with Gasteiger partial charge in [0.1, 0.15) is 18.0 Å². The van der Waals surface area contributed by atoms with Crippen molar-refractivity contribution in [2.75, 3.05) is 33.2 Å². The second-order valence-electron chi connectivity index (χ2n) is 6.64. The molecular formula is C21H28N3O4+. The maximum absolute atomic E-state index is 12.0. The van der Waals surface area contributed by atoms with E-state index in [2.05, 4.69) is 15.2 Å². The summed E-state index contributed by atoms with van der Waals surface area (Å²) in [6, 6.07) is 12.5. The van der Waals surface area contributed by atoms with Crippen molar-refractivity contribution >= 4 is 11.8 Å². The molecule has 0 radical (unpaired) electrons. The molecule has 1 amide bonds. The number of aliphatic hydroxyl groups is 1. The van der Waals surface area contributed by atoms with Crippen LogP contribution < -0.4 is 10.3 Å². The molecule has 2 aromatic rings. The van der Waals surface area contributed by atoms with E-state index in [1.165, 1.54) is 24.3 Å². The molecule has 5 N–H and O–H groups in total. The first-order valence-electron chi connectivity index (χ1n) is 9.30. The number of hydrogen-bond acceptors (Lipinski definition) is 4. The maximum Gasteiger partial charge on any atom is 0.365 e. The molecule has 150 valence electrons. The van der Waals surface area contributed by atoms with Gasteiger partial charge in [-0.05, 0) is 68.5 Å². The summed E-state index contributed by atoms with van der Waals surface area (Å²) in [7, 11) is 2.02. The van der Waals surface area contributed by atoms with Crippen molar-refractivity contribution in [1.82, 2.24) is 10.2 Å². The second kappa shape index (κ2) is 10.9. The van der Waals surface area contributed by atoms with Crippen molar-refractivity contribution in [2.45, 2.75) is 12.8 Å². The Morgan fingerprint density at radius 1 is 0.929 bits per heavy atom. The van der Waals surface area contributed by atoms with Crippen LogP contribution in [0.3, 0.4) is 0 Å². The zero-order chi connectivity index (χ0) is 20.4. The summed E-state index contributed by atoms with van der Waals surface area (Å²) in [5.41, 5.74) is 1.16. The number of carbonyl (C=O) groups is 1. The smallest absolute Gasteiger partial charge is 0.365 e. The number of amides is 1. The summed E-state index contributed by atoms with van der Waals surface area (Å²) in [6.07, 6.45) is 1.69. The van der Waals surface area contributed by atoms with Crippen LogP contribution >= 0.6 is 0 Å². The van der Waals surface area contributed by atoms with Gasteiger partial charge < -0.3 is 25.5 Å². The van der Waals surface area contributed by atoms with Gasteiger partial charge in [-0.1, -0.05) is 0 Å². The third-order valence-electron chi connectivity index (χ3n) is 4.28. The number of aromatic hydroxyl groups is 2. The Kier molecular flexibility index (Phi) is 8.30. The molecule has 0 aliphatic carbocycles. The minimum Gasteiger partial charge on any atom is -0.508 e. The third-order valence-corrected chi connectivity index (χ3v) is 4.28. The van der Waals surface area contributed by atoms with E-state index in [-0.39, 0.29) is 23.3 Å². The van der Waals surface area contributed by atoms with E-state index in [0.717, 1.165) is 25.9 Å². The topological polar surface area (TPSA) is 107 Å². The summed E-state index contributed by atoms with van der Waals surface area (Å²) in [5, 5.41) is 31.3. The van der Waals surface area contributed by atoms with Gasteiger partial charge in [0.15, 0.2) is 0 Å². The van der Waals surface area contributed by atoms with Gasteiger partial charge in [0, 0.05) is 25.1 Å². The molecule has 0 saturated heterocycles. The Hall–Kier alpha value is -3.06. The maximum atomic E-state index is 12.0. The fraction of sp³-hybridized carbons (Fsp3) is 0.333. The standard InChI is InChI=1S/C21H27N3O4/c1-24(14-2-12-22-20(27)16-4-8-18(25)9-5-16)15-3-13-23-21(28)17-6-10-19(26)11-7-17/h4-11,25-26H,2-3,12-15H2,1H3,(H,22,27)(H,23,28)/p+1. The molecule has 0 atom stereocenters. The number of hydrogen-bond donors (Lipinski definition) is 5. The van der Waals surface area contributed by atoms with Crippen LogP contribution in [0.15, 0.2) is 48.5 Å². The molecule has 0 saturated carbocycles. The Labute approximate surface area is 165 Å². The van der Waals surface area contributed by atoms with Crippen LogP contribution in [0, 0.1) is 0 Å². The summed E-state index contributed by atoms with van der Waals surface area (Å²) in [4.78, 5) is 17.1. The van der Waals surface area contributed by atoms with Gasteiger partial charge >= 0.3 is 5.90 Å². The average Bonchev–Trinajstić information content (AvgIpc) is 2.69. The Bertz CT molecular complexity index is 773.